The van der Waals surface area contributed by atoms with E-state index in [-0.39, 0.29) is 5.78 Å². The number of rotatable bonds is 6. The first-order valence-corrected chi connectivity index (χ1v) is 5.34. The van der Waals surface area contributed by atoms with Gasteiger partial charge in [-0.15, -0.1) is 0 Å². The van der Waals surface area contributed by atoms with Gasteiger partial charge in [-0.2, -0.15) is 5.26 Å². The molecule has 0 saturated carbocycles. The van der Waals surface area contributed by atoms with Gasteiger partial charge in [-0.25, -0.2) is 0 Å². The van der Waals surface area contributed by atoms with Gasteiger partial charge >= 0.3 is 0 Å². The highest BCUT2D eigenvalue weighted by Crippen LogP contribution is 2.07. The van der Waals surface area contributed by atoms with Gasteiger partial charge in [0.25, 0.3) is 0 Å². The van der Waals surface area contributed by atoms with Crippen LogP contribution in [0.25, 0.3) is 0 Å². The molecular weight excluding hydrogens is 188 g/mol. The number of carbonyl (C=O) groups excluding carboxylic acids is 1. The normalized spacial score (nSPS) is 9.87. The Kier molecular flexibility index (Phi) is 4.62. The molecule has 0 aliphatic rings. The number of unbranched alkanes of at least 4 members (excludes halogenated alkanes) is 1. The van der Waals surface area contributed by atoms with Crippen LogP contribution in [0.3, 0.4) is 0 Å². The predicted molar refractivity (Wildman–Crippen MR) is 58.5 cm³/mol. The second-order valence-corrected chi connectivity index (χ2v) is 3.57. The lowest BCUT2D eigenvalue weighted by Crippen LogP contribution is -1.97. The van der Waals surface area contributed by atoms with Gasteiger partial charge in [0.2, 0.25) is 0 Å². The predicted octanol–water partition coefficient (Wildman–Crippen LogP) is 2.77. The molecule has 0 bridgehead atoms. The molecule has 1 heterocycles. The molecular formula is C12H16N2O. The minimum absolute atomic E-state index is 0.205. The molecule has 0 aromatic carbocycles. The van der Waals surface area contributed by atoms with Gasteiger partial charge in [-0.05, 0) is 18.9 Å². The van der Waals surface area contributed by atoms with Crippen LogP contribution in [-0.4, -0.2) is 10.4 Å². The highest BCUT2D eigenvalue weighted by molar-refractivity contribution is 5.95. The van der Waals surface area contributed by atoms with E-state index in [0.717, 1.165) is 24.9 Å². The van der Waals surface area contributed by atoms with Crippen molar-refractivity contribution in [1.29, 1.82) is 5.26 Å². The van der Waals surface area contributed by atoms with Gasteiger partial charge in [0.1, 0.15) is 0 Å². The summed E-state index contributed by atoms with van der Waals surface area (Å²) in [5, 5.41) is 8.39. The molecule has 0 aliphatic carbocycles. The SMILES string of the molecule is CCCC(=O)c1ccn(CCCC#N)c1. The van der Waals surface area contributed by atoms with Gasteiger partial charge in [-0.3, -0.25) is 4.79 Å². The molecule has 0 aliphatic heterocycles. The van der Waals surface area contributed by atoms with Crippen molar-refractivity contribution in [2.24, 2.45) is 0 Å². The summed E-state index contributed by atoms with van der Waals surface area (Å²) in [5.74, 6) is 0.205. The Morgan fingerprint density at radius 1 is 1.60 bits per heavy atom. The summed E-state index contributed by atoms with van der Waals surface area (Å²) in [6.07, 6.45) is 6.68. The van der Waals surface area contributed by atoms with Crippen LogP contribution >= 0.6 is 0 Å². The van der Waals surface area contributed by atoms with Gasteiger partial charge in [0, 0.05) is 37.3 Å². The summed E-state index contributed by atoms with van der Waals surface area (Å²) in [6.45, 7) is 2.81. The average Bonchev–Trinajstić information content (AvgIpc) is 2.67. The maximum Gasteiger partial charge on any atom is 0.164 e. The van der Waals surface area contributed by atoms with Crippen LogP contribution in [0.5, 0.6) is 0 Å². The van der Waals surface area contributed by atoms with Crippen LogP contribution < -0.4 is 0 Å². The molecule has 1 rings (SSSR count). The van der Waals surface area contributed by atoms with Crippen LogP contribution in [0.15, 0.2) is 18.5 Å². The summed E-state index contributed by atoms with van der Waals surface area (Å²) < 4.78 is 1.97. The monoisotopic (exact) mass is 204 g/mol. The Morgan fingerprint density at radius 2 is 2.40 bits per heavy atom. The lowest BCUT2D eigenvalue weighted by atomic mass is 10.1. The van der Waals surface area contributed by atoms with E-state index in [0.29, 0.717) is 12.8 Å². The number of hydrogen-bond donors (Lipinski definition) is 0. The molecule has 0 spiro atoms. The van der Waals surface area contributed by atoms with Crippen LogP contribution in [0, 0.1) is 11.3 Å². The highest BCUT2D eigenvalue weighted by Gasteiger charge is 2.05. The number of nitrogens with zero attached hydrogens (tertiary/aromatic N) is 2. The zero-order chi connectivity index (χ0) is 11.1. The number of ketones is 1. The van der Waals surface area contributed by atoms with Crippen LogP contribution in [0.4, 0.5) is 0 Å². The van der Waals surface area contributed by atoms with Gasteiger partial charge in [0.15, 0.2) is 5.78 Å². The summed E-state index contributed by atoms with van der Waals surface area (Å²) in [5.41, 5.74) is 0.786. The first-order valence-electron chi connectivity index (χ1n) is 5.34. The van der Waals surface area contributed by atoms with Crippen molar-refractivity contribution in [3.05, 3.63) is 24.0 Å². The molecule has 0 amide bonds. The molecule has 0 saturated heterocycles. The summed E-state index contributed by atoms with van der Waals surface area (Å²) in [4.78, 5) is 11.5. The molecule has 0 unspecified atom stereocenters. The Hall–Kier alpha value is -1.56. The summed E-state index contributed by atoms with van der Waals surface area (Å²) >= 11 is 0. The smallest absolute Gasteiger partial charge is 0.164 e. The van der Waals surface area contributed by atoms with Gasteiger partial charge in [-0.1, -0.05) is 6.92 Å². The Bertz CT molecular complexity index is 360. The number of nitriles is 1. The fourth-order valence-electron chi connectivity index (χ4n) is 1.46. The highest BCUT2D eigenvalue weighted by atomic mass is 16.1. The Balaban J connectivity index is 2.49. The van der Waals surface area contributed by atoms with E-state index in [4.69, 9.17) is 5.26 Å². The van der Waals surface area contributed by atoms with E-state index in [9.17, 15) is 4.79 Å². The molecule has 3 nitrogen and oxygen atoms in total. The standard InChI is InChI=1S/C12H16N2O/c1-2-5-12(15)11-6-9-14(10-11)8-4-3-7-13/h6,9-10H,2-5,8H2,1H3. The summed E-state index contributed by atoms with van der Waals surface area (Å²) in [7, 11) is 0. The third kappa shape index (κ3) is 3.59. The van der Waals surface area contributed by atoms with Crippen molar-refractivity contribution in [2.75, 3.05) is 0 Å². The molecule has 3 heteroatoms. The van der Waals surface area contributed by atoms with E-state index in [1.165, 1.54) is 0 Å². The quantitative estimate of drug-likeness (QED) is 0.528. The number of carbonyl (C=O) groups is 1. The van der Waals surface area contributed by atoms with Crippen molar-refractivity contribution in [3.8, 4) is 6.07 Å². The van der Waals surface area contributed by atoms with Gasteiger partial charge in [0.05, 0.1) is 6.07 Å². The van der Waals surface area contributed by atoms with Crippen molar-refractivity contribution in [1.82, 2.24) is 4.57 Å². The van der Waals surface area contributed by atoms with Crippen LogP contribution in [0.2, 0.25) is 0 Å². The Labute approximate surface area is 90.3 Å². The lowest BCUT2D eigenvalue weighted by Gasteiger charge is -1.98. The zero-order valence-electron chi connectivity index (χ0n) is 9.07. The third-order valence-electron chi connectivity index (χ3n) is 2.25. The minimum Gasteiger partial charge on any atom is -0.353 e. The molecule has 15 heavy (non-hydrogen) atoms. The molecule has 1 aromatic heterocycles. The fourth-order valence-corrected chi connectivity index (χ4v) is 1.46. The van der Waals surface area contributed by atoms with Crippen molar-refractivity contribution in [2.45, 2.75) is 39.2 Å². The van der Waals surface area contributed by atoms with E-state index in [1.807, 2.05) is 30.0 Å². The largest absolute Gasteiger partial charge is 0.353 e. The van der Waals surface area contributed by atoms with Crippen molar-refractivity contribution in [3.63, 3.8) is 0 Å². The van der Waals surface area contributed by atoms with Gasteiger partial charge < -0.3 is 4.57 Å². The van der Waals surface area contributed by atoms with E-state index < -0.39 is 0 Å². The lowest BCUT2D eigenvalue weighted by molar-refractivity contribution is 0.0981. The summed E-state index contributed by atoms with van der Waals surface area (Å²) in [6, 6.07) is 3.96. The number of aromatic nitrogens is 1. The molecule has 0 fully saturated rings. The van der Waals surface area contributed by atoms with Crippen LogP contribution in [-0.2, 0) is 6.54 Å². The second kappa shape index (κ2) is 6.02. The molecule has 1 aromatic rings. The van der Waals surface area contributed by atoms with E-state index in [1.54, 1.807) is 0 Å². The average molecular weight is 204 g/mol. The third-order valence-corrected chi connectivity index (χ3v) is 2.25. The first-order chi connectivity index (χ1) is 7.27. The minimum atomic E-state index is 0.205. The number of hydrogen-bond acceptors (Lipinski definition) is 2. The van der Waals surface area contributed by atoms with Crippen LogP contribution in [0.1, 0.15) is 43.0 Å². The topological polar surface area (TPSA) is 45.8 Å². The second-order valence-electron chi connectivity index (χ2n) is 3.57. The van der Waals surface area contributed by atoms with Crippen molar-refractivity contribution >= 4 is 5.78 Å². The maximum atomic E-state index is 11.5. The number of aryl methyl sites for hydroxylation is 1. The first kappa shape index (κ1) is 11.5. The van der Waals surface area contributed by atoms with Crippen molar-refractivity contribution < 1.29 is 4.79 Å². The molecule has 0 N–H and O–H groups in total. The number of Topliss-reactive ketones (excluding diaryl/α,β-unsaturated/α-hetero) is 1. The molecule has 0 radical (unpaired) electrons. The zero-order valence-corrected chi connectivity index (χ0v) is 9.07. The maximum absolute atomic E-state index is 11.5. The fraction of sp³-hybridized carbons (Fsp3) is 0.500. The Morgan fingerprint density at radius 3 is 3.07 bits per heavy atom. The van der Waals surface area contributed by atoms with E-state index >= 15 is 0 Å². The molecule has 0 atom stereocenters. The van der Waals surface area contributed by atoms with E-state index in [2.05, 4.69) is 6.07 Å². The molecule has 80 valence electrons.